The van der Waals surface area contributed by atoms with Crippen LogP contribution in [0.5, 0.6) is 0 Å². The highest BCUT2D eigenvalue weighted by molar-refractivity contribution is 7.84. The Morgan fingerprint density at radius 3 is 2.68 bits per heavy atom. The zero-order valence-corrected chi connectivity index (χ0v) is 12.5. The predicted molar refractivity (Wildman–Crippen MR) is 80.6 cm³/mol. The zero-order valence-electron chi connectivity index (χ0n) is 11.7. The number of carbonyl (C=O) groups excluding carboxylic acids is 1. The maximum atomic E-state index is 11.2. The summed E-state index contributed by atoms with van der Waals surface area (Å²) in [6.45, 7) is 5.00. The maximum Gasteiger partial charge on any atom is 0.221 e. The third-order valence-corrected chi connectivity index (χ3v) is 4.31. The first kappa shape index (κ1) is 15.9. The molecule has 5 heteroatoms. The van der Waals surface area contributed by atoms with Gasteiger partial charge in [-0.3, -0.25) is 9.00 Å². The number of hydrogen-bond acceptors (Lipinski definition) is 3. The molecule has 0 saturated heterocycles. The molecule has 19 heavy (non-hydrogen) atoms. The normalized spacial score (nSPS) is 13.8. The fourth-order valence-corrected chi connectivity index (χ4v) is 2.13. The summed E-state index contributed by atoms with van der Waals surface area (Å²) < 4.78 is 11.2. The molecule has 106 valence electrons. The van der Waals surface area contributed by atoms with E-state index in [4.69, 9.17) is 0 Å². The van der Waals surface area contributed by atoms with Gasteiger partial charge in [-0.1, -0.05) is 25.1 Å². The molecule has 2 atom stereocenters. The van der Waals surface area contributed by atoms with Gasteiger partial charge in [-0.25, -0.2) is 0 Å². The highest BCUT2D eigenvalue weighted by Crippen LogP contribution is 2.14. The van der Waals surface area contributed by atoms with Crippen molar-refractivity contribution >= 4 is 22.4 Å². The van der Waals surface area contributed by atoms with E-state index in [0.717, 1.165) is 24.2 Å². The third-order valence-electron chi connectivity index (χ3n) is 2.94. The number of amides is 1. The van der Waals surface area contributed by atoms with Crippen molar-refractivity contribution in [1.82, 2.24) is 5.32 Å². The van der Waals surface area contributed by atoms with E-state index in [1.807, 2.05) is 31.2 Å². The van der Waals surface area contributed by atoms with Gasteiger partial charge < -0.3 is 10.6 Å². The minimum Gasteiger partial charge on any atom is -0.326 e. The molecule has 0 bridgehead atoms. The Balaban J connectivity index is 2.45. The fourth-order valence-electron chi connectivity index (χ4n) is 1.68. The summed E-state index contributed by atoms with van der Waals surface area (Å²) in [7, 11) is -0.767. The van der Waals surface area contributed by atoms with E-state index >= 15 is 0 Å². The number of benzene rings is 1. The van der Waals surface area contributed by atoms with Crippen LogP contribution in [-0.4, -0.2) is 28.2 Å². The lowest BCUT2D eigenvalue weighted by molar-refractivity contribution is -0.114. The molecule has 1 amide bonds. The molecular weight excluding hydrogens is 260 g/mol. The molecule has 0 aromatic heterocycles. The van der Waals surface area contributed by atoms with E-state index in [-0.39, 0.29) is 11.2 Å². The second kappa shape index (κ2) is 8.07. The molecule has 0 heterocycles. The molecule has 2 N–H and O–H groups in total. The lowest BCUT2D eigenvalue weighted by atomic mass is 10.1. The summed E-state index contributed by atoms with van der Waals surface area (Å²) in [6.07, 6.45) is 2.61. The van der Waals surface area contributed by atoms with Crippen molar-refractivity contribution in [3.8, 4) is 0 Å². The van der Waals surface area contributed by atoms with Gasteiger partial charge in [0.15, 0.2) is 0 Å². The molecule has 0 spiro atoms. The molecule has 0 aliphatic carbocycles. The van der Waals surface area contributed by atoms with Gasteiger partial charge in [0, 0.05) is 41.5 Å². The fraction of sp³-hybridized carbons (Fsp3) is 0.500. The van der Waals surface area contributed by atoms with E-state index in [1.54, 1.807) is 6.26 Å². The standard InChI is InChI=1S/C14H22N2O2S/c1-11(19(3)18)8-9-15-10-13-6-4-5-7-14(13)16-12(2)17/h4-7,11,15H,8-10H2,1-3H3,(H,16,17). The van der Waals surface area contributed by atoms with Crippen LogP contribution in [0.3, 0.4) is 0 Å². The second-order valence-corrected chi connectivity index (χ2v) is 6.41. The molecule has 0 fully saturated rings. The molecular formula is C14H22N2O2S. The van der Waals surface area contributed by atoms with Crippen molar-refractivity contribution in [2.24, 2.45) is 0 Å². The zero-order chi connectivity index (χ0) is 14.3. The van der Waals surface area contributed by atoms with E-state index < -0.39 is 10.8 Å². The number of anilines is 1. The van der Waals surface area contributed by atoms with Crippen LogP contribution in [0.4, 0.5) is 5.69 Å². The lowest BCUT2D eigenvalue weighted by Gasteiger charge is -2.12. The summed E-state index contributed by atoms with van der Waals surface area (Å²) >= 11 is 0. The van der Waals surface area contributed by atoms with Crippen molar-refractivity contribution in [2.45, 2.75) is 32.1 Å². The maximum absolute atomic E-state index is 11.2. The summed E-state index contributed by atoms with van der Waals surface area (Å²) in [4.78, 5) is 11.1. The van der Waals surface area contributed by atoms with Crippen LogP contribution in [0.2, 0.25) is 0 Å². The van der Waals surface area contributed by atoms with Crippen LogP contribution in [0.15, 0.2) is 24.3 Å². The van der Waals surface area contributed by atoms with Crippen molar-refractivity contribution in [2.75, 3.05) is 18.1 Å². The van der Waals surface area contributed by atoms with Gasteiger partial charge in [-0.2, -0.15) is 0 Å². The smallest absolute Gasteiger partial charge is 0.221 e. The van der Waals surface area contributed by atoms with Crippen molar-refractivity contribution in [3.63, 3.8) is 0 Å². The van der Waals surface area contributed by atoms with Crippen LogP contribution >= 0.6 is 0 Å². The van der Waals surface area contributed by atoms with Crippen LogP contribution in [0.25, 0.3) is 0 Å². The Labute approximate surface area is 117 Å². The molecule has 1 rings (SSSR count). The molecule has 1 aromatic carbocycles. The van der Waals surface area contributed by atoms with Gasteiger partial charge in [-0.15, -0.1) is 0 Å². The number of rotatable bonds is 7. The van der Waals surface area contributed by atoms with Crippen molar-refractivity contribution in [3.05, 3.63) is 29.8 Å². The van der Waals surface area contributed by atoms with Crippen LogP contribution in [0.1, 0.15) is 25.8 Å². The molecule has 0 aliphatic heterocycles. The first-order valence-electron chi connectivity index (χ1n) is 6.39. The topological polar surface area (TPSA) is 58.2 Å². The second-order valence-electron chi connectivity index (χ2n) is 4.61. The SMILES string of the molecule is CC(=O)Nc1ccccc1CNCCC(C)S(C)=O. The number of nitrogens with one attached hydrogen (secondary N) is 2. The minimum atomic E-state index is -0.767. The molecule has 0 aliphatic rings. The molecule has 4 nitrogen and oxygen atoms in total. The predicted octanol–water partition coefficient (Wildman–Crippen LogP) is 1.89. The van der Waals surface area contributed by atoms with Gasteiger partial charge in [0.1, 0.15) is 0 Å². The van der Waals surface area contributed by atoms with Gasteiger partial charge in [0.2, 0.25) is 5.91 Å². The Kier molecular flexibility index (Phi) is 6.73. The molecule has 2 unspecified atom stereocenters. The summed E-state index contributed by atoms with van der Waals surface area (Å²) in [5.74, 6) is -0.0672. The molecule has 0 saturated carbocycles. The molecule has 1 aromatic rings. The summed E-state index contributed by atoms with van der Waals surface area (Å²) in [5, 5.41) is 6.34. The third kappa shape index (κ3) is 5.98. The van der Waals surface area contributed by atoms with Gasteiger partial charge >= 0.3 is 0 Å². The van der Waals surface area contributed by atoms with Gasteiger partial charge in [0.25, 0.3) is 0 Å². The van der Waals surface area contributed by atoms with Crippen molar-refractivity contribution in [1.29, 1.82) is 0 Å². The van der Waals surface area contributed by atoms with Crippen molar-refractivity contribution < 1.29 is 9.00 Å². The van der Waals surface area contributed by atoms with E-state index in [1.165, 1.54) is 6.92 Å². The largest absolute Gasteiger partial charge is 0.326 e. The lowest BCUT2D eigenvalue weighted by Crippen LogP contribution is -2.21. The van der Waals surface area contributed by atoms with Gasteiger partial charge in [-0.05, 0) is 24.6 Å². The Bertz CT molecular complexity index is 449. The highest BCUT2D eigenvalue weighted by Gasteiger charge is 2.06. The molecule has 0 radical (unpaired) electrons. The average molecular weight is 282 g/mol. The first-order chi connectivity index (χ1) is 9.00. The Hall–Kier alpha value is -1.20. The van der Waals surface area contributed by atoms with E-state index in [9.17, 15) is 9.00 Å². The van der Waals surface area contributed by atoms with Crippen LogP contribution in [-0.2, 0) is 22.1 Å². The number of para-hydroxylation sites is 1. The number of hydrogen-bond donors (Lipinski definition) is 2. The number of carbonyl (C=O) groups is 1. The van der Waals surface area contributed by atoms with Crippen LogP contribution < -0.4 is 10.6 Å². The monoisotopic (exact) mass is 282 g/mol. The van der Waals surface area contributed by atoms with E-state index in [0.29, 0.717) is 6.54 Å². The Morgan fingerprint density at radius 2 is 2.05 bits per heavy atom. The highest BCUT2D eigenvalue weighted by atomic mass is 32.2. The van der Waals surface area contributed by atoms with E-state index in [2.05, 4.69) is 10.6 Å². The average Bonchev–Trinajstić information content (AvgIpc) is 2.35. The first-order valence-corrected chi connectivity index (χ1v) is 8.01. The quantitative estimate of drug-likeness (QED) is 0.751. The van der Waals surface area contributed by atoms with Gasteiger partial charge in [0.05, 0.1) is 0 Å². The van der Waals surface area contributed by atoms with Crippen LogP contribution in [0, 0.1) is 0 Å². The summed E-state index contributed by atoms with van der Waals surface area (Å²) in [6, 6.07) is 7.73. The minimum absolute atomic E-state index is 0.0672. The Morgan fingerprint density at radius 1 is 1.37 bits per heavy atom. The summed E-state index contributed by atoms with van der Waals surface area (Å²) in [5.41, 5.74) is 1.90.